The molecule has 5 nitrogen and oxygen atoms in total. The molecule has 0 aliphatic carbocycles. The standard InChI is InChI=1S/C6H5BrN4O/c7-5-1-9-11(2-5)3-6-8-4-12-10-6/h1-2,4H,3H2. The molecule has 0 unspecified atom stereocenters. The van der Waals surface area contributed by atoms with Crippen LogP contribution in [0.2, 0.25) is 0 Å². The van der Waals surface area contributed by atoms with Crippen molar-refractivity contribution in [3.8, 4) is 0 Å². The molecule has 6 heteroatoms. The summed E-state index contributed by atoms with van der Waals surface area (Å²) in [5.41, 5.74) is 0. The van der Waals surface area contributed by atoms with Gasteiger partial charge < -0.3 is 4.52 Å². The number of hydrogen-bond donors (Lipinski definition) is 0. The summed E-state index contributed by atoms with van der Waals surface area (Å²) >= 11 is 3.29. The molecule has 0 aromatic carbocycles. The molecule has 0 aliphatic heterocycles. The summed E-state index contributed by atoms with van der Waals surface area (Å²) in [5, 5.41) is 7.70. The van der Waals surface area contributed by atoms with E-state index in [1.807, 2.05) is 6.20 Å². The third kappa shape index (κ3) is 1.53. The molecule has 0 atom stereocenters. The first-order chi connectivity index (χ1) is 5.84. The number of halogens is 1. The summed E-state index contributed by atoms with van der Waals surface area (Å²) in [6.45, 7) is 0.530. The Morgan fingerprint density at radius 2 is 2.50 bits per heavy atom. The maximum atomic E-state index is 4.58. The molecule has 0 saturated heterocycles. The average Bonchev–Trinajstić information content (AvgIpc) is 2.63. The summed E-state index contributed by atoms with van der Waals surface area (Å²) in [4.78, 5) is 3.87. The number of aromatic nitrogens is 4. The molecule has 0 fully saturated rings. The Hall–Kier alpha value is -1.17. The van der Waals surface area contributed by atoms with Gasteiger partial charge in [-0.1, -0.05) is 5.16 Å². The molecule has 0 bridgehead atoms. The second kappa shape index (κ2) is 3.06. The van der Waals surface area contributed by atoms with E-state index in [1.165, 1.54) is 6.39 Å². The SMILES string of the molecule is Brc1cnn(Cc2ncon2)c1. The monoisotopic (exact) mass is 228 g/mol. The van der Waals surface area contributed by atoms with E-state index in [2.05, 4.69) is 35.7 Å². The Bertz CT molecular complexity index is 355. The van der Waals surface area contributed by atoms with Gasteiger partial charge in [0.05, 0.1) is 10.7 Å². The van der Waals surface area contributed by atoms with Gasteiger partial charge in [0, 0.05) is 6.20 Å². The van der Waals surface area contributed by atoms with Crippen LogP contribution in [0.4, 0.5) is 0 Å². The molecule has 0 N–H and O–H groups in total. The summed E-state index contributed by atoms with van der Waals surface area (Å²) in [7, 11) is 0. The van der Waals surface area contributed by atoms with Crippen LogP contribution in [0.5, 0.6) is 0 Å². The predicted octanol–water partition coefficient (Wildman–Crippen LogP) is 1.08. The van der Waals surface area contributed by atoms with Crippen LogP contribution in [0.3, 0.4) is 0 Å². The van der Waals surface area contributed by atoms with Gasteiger partial charge in [-0.25, -0.2) is 0 Å². The van der Waals surface area contributed by atoms with Crippen molar-refractivity contribution < 1.29 is 4.52 Å². The van der Waals surface area contributed by atoms with E-state index in [0.29, 0.717) is 12.4 Å². The van der Waals surface area contributed by atoms with Gasteiger partial charge in [-0.05, 0) is 15.9 Å². The third-order valence-electron chi connectivity index (χ3n) is 1.31. The van der Waals surface area contributed by atoms with Crippen molar-refractivity contribution in [3.63, 3.8) is 0 Å². The minimum absolute atomic E-state index is 0.530. The lowest BCUT2D eigenvalue weighted by molar-refractivity contribution is 0.407. The van der Waals surface area contributed by atoms with Crippen LogP contribution in [-0.4, -0.2) is 19.9 Å². The Labute approximate surface area is 76.5 Å². The lowest BCUT2D eigenvalue weighted by Crippen LogP contribution is -2.01. The minimum atomic E-state index is 0.530. The summed E-state index contributed by atoms with van der Waals surface area (Å²) in [6.07, 6.45) is 4.85. The Morgan fingerprint density at radius 1 is 1.58 bits per heavy atom. The second-order valence-corrected chi connectivity index (χ2v) is 3.12. The zero-order valence-corrected chi connectivity index (χ0v) is 7.60. The van der Waals surface area contributed by atoms with Crippen molar-refractivity contribution in [3.05, 3.63) is 29.1 Å². The first-order valence-electron chi connectivity index (χ1n) is 3.28. The smallest absolute Gasteiger partial charge is 0.213 e. The van der Waals surface area contributed by atoms with E-state index in [9.17, 15) is 0 Å². The van der Waals surface area contributed by atoms with E-state index in [0.717, 1.165) is 4.47 Å². The van der Waals surface area contributed by atoms with Crippen molar-refractivity contribution in [1.82, 2.24) is 19.9 Å². The first-order valence-corrected chi connectivity index (χ1v) is 4.07. The highest BCUT2D eigenvalue weighted by molar-refractivity contribution is 9.10. The normalized spacial score (nSPS) is 10.4. The molecular formula is C6H5BrN4O. The van der Waals surface area contributed by atoms with Gasteiger partial charge in [-0.3, -0.25) is 4.68 Å². The van der Waals surface area contributed by atoms with E-state index >= 15 is 0 Å². The van der Waals surface area contributed by atoms with Crippen LogP contribution < -0.4 is 0 Å². The molecule has 62 valence electrons. The van der Waals surface area contributed by atoms with Gasteiger partial charge in [-0.15, -0.1) is 0 Å². The maximum absolute atomic E-state index is 4.58. The third-order valence-corrected chi connectivity index (χ3v) is 1.72. The Kier molecular flexibility index (Phi) is 1.91. The highest BCUT2D eigenvalue weighted by Crippen LogP contribution is 2.06. The molecule has 0 saturated carbocycles. The minimum Gasteiger partial charge on any atom is -0.343 e. The van der Waals surface area contributed by atoms with Gasteiger partial charge in [0.1, 0.15) is 6.54 Å². The molecular weight excluding hydrogens is 224 g/mol. The molecule has 2 aromatic rings. The van der Waals surface area contributed by atoms with Crippen LogP contribution in [0.15, 0.2) is 27.8 Å². The molecule has 2 heterocycles. The molecule has 0 spiro atoms. The summed E-state index contributed by atoms with van der Waals surface area (Å²) in [6, 6.07) is 0. The van der Waals surface area contributed by atoms with Crippen molar-refractivity contribution in [2.24, 2.45) is 0 Å². The van der Waals surface area contributed by atoms with Crippen LogP contribution in [0.25, 0.3) is 0 Å². The summed E-state index contributed by atoms with van der Waals surface area (Å²) in [5.74, 6) is 0.616. The van der Waals surface area contributed by atoms with Gasteiger partial charge >= 0.3 is 0 Å². The van der Waals surface area contributed by atoms with Crippen molar-refractivity contribution >= 4 is 15.9 Å². The largest absolute Gasteiger partial charge is 0.343 e. The van der Waals surface area contributed by atoms with Crippen molar-refractivity contribution in [1.29, 1.82) is 0 Å². The van der Waals surface area contributed by atoms with Crippen LogP contribution in [-0.2, 0) is 6.54 Å². The van der Waals surface area contributed by atoms with Gasteiger partial charge in [0.15, 0.2) is 5.82 Å². The van der Waals surface area contributed by atoms with Gasteiger partial charge in [0.25, 0.3) is 0 Å². The van der Waals surface area contributed by atoms with Gasteiger partial charge in [-0.2, -0.15) is 10.1 Å². The van der Waals surface area contributed by atoms with Gasteiger partial charge in [0.2, 0.25) is 6.39 Å². The van der Waals surface area contributed by atoms with E-state index in [1.54, 1.807) is 10.9 Å². The predicted molar refractivity (Wildman–Crippen MR) is 43.3 cm³/mol. The number of rotatable bonds is 2. The molecule has 2 rings (SSSR count). The zero-order valence-electron chi connectivity index (χ0n) is 6.01. The fourth-order valence-corrected chi connectivity index (χ4v) is 1.16. The lowest BCUT2D eigenvalue weighted by Gasteiger charge is -1.92. The van der Waals surface area contributed by atoms with Crippen molar-refractivity contribution in [2.75, 3.05) is 0 Å². The lowest BCUT2D eigenvalue weighted by atomic mass is 10.6. The number of nitrogens with zero attached hydrogens (tertiary/aromatic N) is 4. The van der Waals surface area contributed by atoms with Crippen LogP contribution >= 0.6 is 15.9 Å². The average molecular weight is 229 g/mol. The fourth-order valence-electron chi connectivity index (χ4n) is 0.832. The molecule has 0 radical (unpaired) electrons. The highest BCUT2D eigenvalue weighted by atomic mass is 79.9. The van der Waals surface area contributed by atoms with E-state index in [4.69, 9.17) is 0 Å². The molecule has 0 aliphatic rings. The molecule has 12 heavy (non-hydrogen) atoms. The van der Waals surface area contributed by atoms with E-state index in [-0.39, 0.29) is 0 Å². The zero-order chi connectivity index (χ0) is 8.39. The summed E-state index contributed by atoms with van der Waals surface area (Å²) < 4.78 is 7.23. The van der Waals surface area contributed by atoms with E-state index < -0.39 is 0 Å². The quantitative estimate of drug-likeness (QED) is 0.772. The maximum Gasteiger partial charge on any atom is 0.213 e. The highest BCUT2D eigenvalue weighted by Gasteiger charge is 2.00. The van der Waals surface area contributed by atoms with Crippen LogP contribution in [0.1, 0.15) is 5.82 Å². The Morgan fingerprint density at radius 3 is 3.08 bits per heavy atom. The molecule has 2 aromatic heterocycles. The first kappa shape index (κ1) is 7.48. The fraction of sp³-hybridized carbons (Fsp3) is 0.167. The van der Waals surface area contributed by atoms with Crippen LogP contribution in [0, 0.1) is 0 Å². The second-order valence-electron chi connectivity index (χ2n) is 2.20. The number of hydrogen-bond acceptors (Lipinski definition) is 4. The van der Waals surface area contributed by atoms with Crippen molar-refractivity contribution in [2.45, 2.75) is 6.54 Å². The topological polar surface area (TPSA) is 56.7 Å². The Balaban J connectivity index is 2.14. The molecule has 0 amide bonds.